The molecule has 0 saturated carbocycles. The second kappa shape index (κ2) is 51.0. The van der Waals surface area contributed by atoms with Crippen LogP contribution in [0.1, 0.15) is 226 Å². The summed E-state index contributed by atoms with van der Waals surface area (Å²) >= 11 is 0. The largest absolute Gasteiger partial charge is 0.462 e. The van der Waals surface area contributed by atoms with Gasteiger partial charge in [-0.3, -0.25) is 14.4 Å². The molecular formula is C57H94O6. The van der Waals surface area contributed by atoms with Crippen LogP contribution in [0.2, 0.25) is 0 Å². The van der Waals surface area contributed by atoms with Crippen molar-refractivity contribution in [2.24, 2.45) is 0 Å². The second-order valence-electron chi connectivity index (χ2n) is 16.7. The predicted octanol–water partition coefficient (Wildman–Crippen LogP) is 17.0. The van der Waals surface area contributed by atoms with Crippen LogP contribution in [0.4, 0.5) is 0 Å². The number of unbranched alkanes of at least 4 members (excludes halogenated alkanes) is 18. The number of hydrogen-bond donors (Lipinski definition) is 0. The van der Waals surface area contributed by atoms with Crippen LogP contribution < -0.4 is 0 Å². The van der Waals surface area contributed by atoms with Crippen LogP contribution >= 0.6 is 0 Å². The van der Waals surface area contributed by atoms with Crippen molar-refractivity contribution in [1.29, 1.82) is 0 Å². The molecule has 0 heterocycles. The maximum absolute atomic E-state index is 12.8. The van der Waals surface area contributed by atoms with Crippen LogP contribution in [0.15, 0.2) is 97.2 Å². The molecule has 0 fully saturated rings. The highest BCUT2D eigenvalue weighted by Gasteiger charge is 2.19. The van der Waals surface area contributed by atoms with Crippen molar-refractivity contribution >= 4 is 17.9 Å². The molecule has 63 heavy (non-hydrogen) atoms. The van der Waals surface area contributed by atoms with E-state index in [4.69, 9.17) is 14.2 Å². The van der Waals surface area contributed by atoms with Crippen molar-refractivity contribution < 1.29 is 28.6 Å². The average Bonchev–Trinajstić information content (AvgIpc) is 3.28. The van der Waals surface area contributed by atoms with E-state index in [1.54, 1.807) is 0 Å². The van der Waals surface area contributed by atoms with E-state index in [-0.39, 0.29) is 31.1 Å². The van der Waals surface area contributed by atoms with Crippen molar-refractivity contribution in [2.75, 3.05) is 13.2 Å². The van der Waals surface area contributed by atoms with Crippen molar-refractivity contribution in [3.63, 3.8) is 0 Å². The zero-order valence-electron chi connectivity index (χ0n) is 40.8. The summed E-state index contributed by atoms with van der Waals surface area (Å²) in [6.07, 6.45) is 66.7. The summed E-state index contributed by atoms with van der Waals surface area (Å²) in [7, 11) is 0. The molecule has 0 radical (unpaired) electrons. The average molecular weight is 875 g/mol. The van der Waals surface area contributed by atoms with E-state index < -0.39 is 6.10 Å². The Kier molecular flexibility index (Phi) is 48.0. The van der Waals surface area contributed by atoms with E-state index in [1.165, 1.54) is 64.2 Å². The van der Waals surface area contributed by atoms with E-state index >= 15 is 0 Å². The molecule has 358 valence electrons. The van der Waals surface area contributed by atoms with Gasteiger partial charge in [0.2, 0.25) is 0 Å². The van der Waals surface area contributed by atoms with Gasteiger partial charge >= 0.3 is 17.9 Å². The molecule has 0 unspecified atom stereocenters. The summed E-state index contributed by atoms with van der Waals surface area (Å²) in [5.41, 5.74) is 0. The number of ether oxygens (including phenoxy) is 3. The minimum absolute atomic E-state index is 0.102. The van der Waals surface area contributed by atoms with Gasteiger partial charge in [0, 0.05) is 19.3 Å². The molecule has 0 saturated heterocycles. The fraction of sp³-hybridized carbons (Fsp3) is 0.667. The maximum atomic E-state index is 12.8. The second-order valence-corrected chi connectivity index (χ2v) is 16.7. The number of hydrogen-bond acceptors (Lipinski definition) is 6. The van der Waals surface area contributed by atoms with Gasteiger partial charge in [-0.05, 0) is 116 Å². The Bertz CT molecular complexity index is 1280. The molecule has 0 spiro atoms. The Morgan fingerprint density at radius 3 is 1.02 bits per heavy atom. The molecule has 0 aliphatic carbocycles. The van der Waals surface area contributed by atoms with Gasteiger partial charge in [-0.1, -0.05) is 189 Å². The summed E-state index contributed by atoms with van der Waals surface area (Å²) in [5, 5.41) is 0. The van der Waals surface area contributed by atoms with Crippen LogP contribution in [0.5, 0.6) is 0 Å². The van der Waals surface area contributed by atoms with Gasteiger partial charge in [0.05, 0.1) is 0 Å². The highest BCUT2D eigenvalue weighted by molar-refractivity contribution is 5.71. The van der Waals surface area contributed by atoms with E-state index in [1.807, 2.05) is 0 Å². The van der Waals surface area contributed by atoms with Crippen molar-refractivity contribution in [1.82, 2.24) is 0 Å². The Labute approximate surface area is 387 Å². The first-order chi connectivity index (χ1) is 31.0. The summed E-state index contributed by atoms with van der Waals surface area (Å²) in [6.45, 7) is 6.34. The van der Waals surface area contributed by atoms with Crippen LogP contribution in [-0.2, 0) is 28.6 Å². The van der Waals surface area contributed by atoms with Gasteiger partial charge in [0.15, 0.2) is 6.10 Å². The third kappa shape index (κ3) is 49.2. The van der Waals surface area contributed by atoms with E-state index in [9.17, 15) is 14.4 Å². The van der Waals surface area contributed by atoms with Crippen molar-refractivity contribution in [3.8, 4) is 0 Å². The first-order valence-electron chi connectivity index (χ1n) is 25.7. The Balaban J connectivity index is 4.50. The third-order valence-corrected chi connectivity index (χ3v) is 10.6. The Hall–Kier alpha value is -3.67. The molecule has 0 bridgehead atoms. The number of rotatable bonds is 45. The van der Waals surface area contributed by atoms with Gasteiger partial charge < -0.3 is 14.2 Å². The zero-order chi connectivity index (χ0) is 45.8. The highest BCUT2D eigenvalue weighted by atomic mass is 16.6. The number of carbonyl (C=O) groups is 3. The molecule has 6 nitrogen and oxygen atoms in total. The molecule has 0 aliphatic rings. The standard InChI is InChI=1S/C57H94O6/c1-4-7-10-13-16-19-22-25-28-31-34-37-40-43-46-49-55(58)61-52-54(63-57(60)51-48-45-42-39-36-33-30-27-24-21-18-15-12-9-6-3)53-62-56(59)50-47-44-41-38-35-32-29-26-23-20-17-14-11-8-5-2/h7-8,10-11,16-17,19-21,24-26,28-29,34,37,54H,4-6,9,12-15,18,22-23,27,30-33,35-36,38-53H2,1-3H3/b10-7-,11-8-,19-16-,20-17-,24-21-,28-25-,29-26-,37-34-/t54-/m1/s1. The van der Waals surface area contributed by atoms with E-state index in [0.29, 0.717) is 19.3 Å². The molecule has 0 N–H and O–H groups in total. The predicted molar refractivity (Wildman–Crippen MR) is 270 cm³/mol. The topological polar surface area (TPSA) is 78.9 Å². The van der Waals surface area contributed by atoms with Crippen molar-refractivity contribution in [3.05, 3.63) is 97.2 Å². The minimum atomic E-state index is -0.804. The summed E-state index contributed by atoms with van der Waals surface area (Å²) in [4.78, 5) is 38.0. The third-order valence-electron chi connectivity index (χ3n) is 10.6. The van der Waals surface area contributed by atoms with E-state index in [0.717, 1.165) is 122 Å². The van der Waals surface area contributed by atoms with Crippen LogP contribution in [0, 0.1) is 0 Å². The normalized spacial score (nSPS) is 12.9. The lowest BCUT2D eigenvalue weighted by molar-refractivity contribution is -0.167. The quantitative estimate of drug-likeness (QED) is 0.0262. The fourth-order valence-corrected chi connectivity index (χ4v) is 6.73. The first-order valence-corrected chi connectivity index (χ1v) is 25.7. The lowest BCUT2D eigenvalue weighted by atomic mass is 10.1. The molecule has 0 aliphatic heterocycles. The van der Waals surface area contributed by atoms with Gasteiger partial charge in [0.1, 0.15) is 13.2 Å². The smallest absolute Gasteiger partial charge is 0.306 e. The van der Waals surface area contributed by atoms with Crippen LogP contribution in [0.3, 0.4) is 0 Å². The first kappa shape index (κ1) is 59.3. The zero-order valence-corrected chi connectivity index (χ0v) is 40.8. The number of carbonyl (C=O) groups excluding carboxylic acids is 3. The SMILES string of the molecule is CC/C=C\C/C=C\C/C=C\C/C=C\CCCCC(=O)OC[C@H](COC(=O)CCCCCCC/C=C\C/C=C\C/C=C\CC)OC(=O)CCCCCCCCC/C=C\CCCCCC. The highest BCUT2D eigenvalue weighted by Crippen LogP contribution is 2.13. The maximum Gasteiger partial charge on any atom is 0.306 e. The Morgan fingerprint density at radius 2 is 0.619 bits per heavy atom. The number of esters is 3. The van der Waals surface area contributed by atoms with Crippen LogP contribution in [-0.4, -0.2) is 37.2 Å². The molecule has 0 amide bonds. The van der Waals surface area contributed by atoms with E-state index in [2.05, 4.69) is 118 Å². The summed E-state index contributed by atoms with van der Waals surface area (Å²) in [6, 6.07) is 0. The molecule has 0 aromatic rings. The lowest BCUT2D eigenvalue weighted by Crippen LogP contribution is -2.30. The monoisotopic (exact) mass is 875 g/mol. The molecule has 0 aromatic carbocycles. The summed E-state index contributed by atoms with van der Waals surface area (Å²) < 4.78 is 16.7. The fourth-order valence-electron chi connectivity index (χ4n) is 6.73. The molecule has 6 heteroatoms. The number of allylic oxidation sites excluding steroid dienone is 16. The van der Waals surface area contributed by atoms with Gasteiger partial charge in [-0.15, -0.1) is 0 Å². The lowest BCUT2D eigenvalue weighted by Gasteiger charge is -2.18. The summed E-state index contributed by atoms with van der Waals surface area (Å²) in [5.74, 6) is -0.968. The Morgan fingerprint density at radius 1 is 0.333 bits per heavy atom. The van der Waals surface area contributed by atoms with Gasteiger partial charge in [-0.25, -0.2) is 0 Å². The molecular weight excluding hydrogens is 781 g/mol. The van der Waals surface area contributed by atoms with Gasteiger partial charge in [0.25, 0.3) is 0 Å². The molecule has 0 rings (SSSR count). The minimum Gasteiger partial charge on any atom is -0.462 e. The van der Waals surface area contributed by atoms with Crippen LogP contribution in [0.25, 0.3) is 0 Å². The van der Waals surface area contributed by atoms with Crippen molar-refractivity contribution in [2.45, 2.75) is 232 Å². The van der Waals surface area contributed by atoms with Gasteiger partial charge in [-0.2, -0.15) is 0 Å². The molecule has 1 atom stereocenters. The molecule has 0 aromatic heterocycles.